The Morgan fingerprint density at radius 1 is 1.00 bits per heavy atom. The van der Waals surface area contributed by atoms with Crippen molar-refractivity contribution in [2.24, 2.45) is 0 Å². The first-order valence-electron chi connectivity index (χ1n) is 7.38. The molecule has 1 aromatic carbocycles. The van der Waals surface area contributed by atoms with E-state index in [1.165, 1.54) is 37.9 Å². The Bertz CT molecular complexity index is 444. The van der Waals surface area contributed by atoms with Gasteiger partial charge in [0.05, 0.1) is 6.04 Å². The van der Waals surface area contributed by atoms with Crippen LogP contribution < -0.4 is 0 Å². The molecule has 1 fully saturated rings. The SMILES string of the molecule is C[Si](C)(C)C#CC(c1ccccc1)N1CCCCC1. The predicted octanol–water partition coefficient (Wildman–Crippen LogP) is 4.09. The molecule has 102 valence electrons. The van der Waals surface area contributed by atoms with E-state index in [2.05, 4.69) is 66.3 Å². The third-order valence-corrected chi connectivity index (χ3v) is 4.35. The van der Waals surface area contributed by atoms with Gasteiger partial charge in [0.2, 0.25) is 0 Å². The molecule has 1 nitrogen and oxygen atoms in total. The standard InChI is InChI=1S/C17H25NSi/c1-19(2,3)15-12-17(16-10-6-4-7-11-16)18-13-8-5-9-14-18/h4,6-7,10-11,17H,5,8-9,13-14H2,1-3H3. The number of likely N-dealkylation sites (tertiary alicyclic amines) is 1. The minimum atomic E-state index is -1.30. The van der Waals surface area contributed by atoms with Gasteiger partial charge in [-0.1, -0.05) is 62.3 Å². The molecule has 1 aliphatic rings. The second-order valence-corrected chi connectivity index (χ2v) is 11.2. The molecule has 1 aliphatic heterocycles. The average Bonchev–Trinajstić information content (AvgIpc) is 2.40. The molecule has 1 heterocycles. The maximum Gasteiger partial charge on any atom is 0.129 e. The fraction of sp³-hybridized carbons (Fsp3) is 0.529. The second-order valence-electron chi connectivity index (χ2n) is 6.43. The summed E-state index contributed by atoms with van der Waals surface area (Å²) in [4.78, 5) is 2.56. The first kappa shape index (κ1) is 14.4. The van der Waals surface area contributed by atoms with Crippen molar-refractivity contribution in [3.63, 3.8) is 0 Å². The first-order valence-corrected chi connectivity index (χ1v) is 10.9. The van der Waals surface area contributed by atoms with Gasteiger partial charge in [0.15, 0.2) is 0 Å². The van der Waals surface area contributed by atoms with Crippen molar-refractivity contribution >= 4 is 8.07 Å². The van der Waals surface area contributed by atoms with Crippen molar-refractivity contribution in [3.05, 3.63) is 35.9 Å². The number of nitrogens with zero attached hydrogens (tertiary/aromatic N) is 1. The fourth-order valence-electron chi connectivity index (χ4n) is 2.48. The quantitative estimate of drug-likeness (QED) is 0.578. The molecule has 0 bridgehead atoms. The highest BCUT2D eigenvalue weighted by Crippen LogP contribution is 2.24. The van der Waals surface area contributed by atoms with E-state index in [4.69, 9.17) is 0 Å². The normalized spacial score (nSPS) is 18.5. The summed E-state index contributed by atoms with van der Waals surface area (Å²) in [6.45, 7) is 9.34. The summed E-state index contributed by atoms with van der Waals surface area (Å²) in [6.07, 6.45) is 4.01. The highest BCUT2D eigenvalue weighted by molar-refractivity contribution is 6.83. The maximum atomic E-state index is 3.58. The van der Waals surface area contributed by atoms with E-state index in [-0.39, 0.29) is 0 Å². The summed E-state index contributed by atoms with van der Waals surface area (Å²) < 4.78 is 0. The van der Waals surface area contributed by atoms with Gasteiger partial charge in [-0.05, 0) is 31.5 Å². The van der Waals surface area contributed by atoms with Crippen molar-refractivity contribution in [2.75, 3.05) is 13.1 Å². The molecule has 2 rings (SSSR count). The maximum absolute atomic E-state index is 3.58. The highest BCUT2D eigenvalue weighted by Gasteiger charge is 2.20. The van der Waals surface area contributed by atoms with E-state index in [1.807, 2.05) is 0 Å². The van der Waals surface area contributed by atoms with Crippen LogP contribution in [0.3, 0.4) is 0 Å². The lowest BCUT2D eigenvalue weighted by Gasteiger charge is -2.32. The zero-order valence-corrected chi connectivity index (χ0v) is 13.4. The summed E-state index contributed by atoms with van der Waals surface area (Å²) >= 11 is 0. The van der Waals surface area contributed by atoms with Gasteiger partial charge in [-0.15, -0.1) is 5.54 Å². The molecule has 1 unspecified atom stereocenters. The molecule has 1 aromatic rings. The Hall–Kier alpha value is -1.04. The molecule has 2 heteroatoms. The highest BCUT2D eigenvalue weighted by atomic mass is 28.3. The van der Waals surface area contributed by atoms with Crippen LogP contribution in [0.2, 0.25) is 19.6 Å². The Morgan fingerprint density at radius 2 is 1.63 bits per heavy atom. The minimum absolute atomic E-state index is 0.299. The lowest BCUT2D eigenvalue weighted by Crippen LogP contribution is -2.33. The van der Waals surface area contributed by atoms with Gasteiger partial charge < -0.3 is 0 Å². The van der Waals surface area contributed by atoms with Crippen LogP contribution in [0, 0.1) is 11.5 Å². The van der Waals surface area contributed by atoms with E-state index < -0.39 is 8.07 Å². The molecule has 19 heavy (non-hydrogen) atoms. The lowest BCUT2D eigenvalue weighted by atomic mass is 10.0. The molecule has 0 aromatic heterocycles. The largest absolute Gasteiger partial charge is 0.286 e. The van der Waals surface area contributed by atoms with Gasteiger partial charge in [-0.25, -0.2) is 0 Å². The smallest absolute Gasteiger partial charge is 0.129 e. The minimum Gasteiger partial charge on any atom is -0.286 e. The summed E-state index contributed by atoms with van der Waals surface area (Å²) in [5.41, 5.74) is 4.92. The number of hydrogen-bond acceptors (Lipinski definition) is 1. The summed E-state index contributed by atoms with van der Waals surface area (Å²) in [5.74, 6) is 3.58. The molecule has 0 N–H and O–H groups in total. The van der Waals surface area contributed by atoms with Crippen molar-refractivity contribution in [2.45, 2.75) is 44.9 Å². The van der Waals surface area contributed by atoms with Gasteiger partial charge in [-0.3, -0.25) is 4.90 Å². The number of hydrogen-bond donors (Lipinski definition) is 0. The van der Waals surface area contributed by atoms with Crippen molar-refractivity contribution in [3.8, 4) is 11.5 Å². The van der Waals surface area contributed by atoms with Gasteiger partial charge in [0.25, 0.3) is 0 Å². The van der Waals surface area contributed by atoms with Crippen LogP contribution >= 0.6 is 0 Å². The Balaban J connectivity index is 2.24. The monoisotopic (exact) mass is 271 g/mol. The molecule has 0 radical (unpaired) electrons. The molecule has 0 spiro atoms. The third kappa shape index (κ3) is 4.52. The molecular formula is C17H25NSi. The van der Waals surface area contributed by atoms with Gasteiger partial charge in [-0.2, -0.15) is 0 Å². The third-order valence-electron chi connectivity index (χ3n) is 3.46. The van der Waals surface area contributed by atoms with E-state index in [1.54, 1.807) is 0 Å². The molecule has 0 saturated carbocycles. The van der Waals surface area contributed by atoms with E-state index in [9.17, 15) is 0 Å². The van der Waals surface area contributed by atoms with Crippen LogP contribution in [-0.4, -0.2) is 26.1 Å². The molecule has 0 aliphatic carbocycles. The van der Waals surface area contributed by atoms with E-state index >= 15 is 0 Å². The van der Waals surface area contributed by atoms with Crippen molar-refractivity contribution in [1.82, 2.24) is 4.90 Å². The number of benzene rings is 1. The Morgan fingerprint density at radius 3 is 2.21 bits per heavy atom. The Labute approximate surface area is 119 Å². The molecule has 0 amide bonds. The fourth-order valence-corrected chi connectivity index (χ4v) is 3.05. The van der Waals surface area contributed by atoms with Crippen molar-refractivity contribution < 1.29 is 0 Å². The van der Waals surface area contributed by atoms with Crippen LogP contribution in [-0.2, 0) is 0 Å². The first-order chi connectivity index (χ1) is 9.06. The van der Waals surface area contributed by atoms with E-state index in [0.29, 0.717) is 6.04 Å². The molecule has 1 atom stereocenters. The second kappa shape index (κ2) is 6.41. The number of piperidine rings is 1. The zero-order chi connectivity index (χ0) is 13.7. The van der Waals surface area contributed by atoms with Crippen LogP contribution in [0.15, 0.2) is 30.3 Å². The zero-order valence-electron chi connectivity index (χ0n) is 12.4. The summed E-state index contributed by atoms with van der Waals surface area (Å²) in [7, 11) is -1.30. The van der Waals surface area contributed by atoms with Crippen LogP contribution in [0.1, 0.15) is 30.9 Å². The van der Waals surface area contributed by atoms with Crippen LogP contribution in [0.4, 0.5) is 0 Å². The summed E-state index contributed by atoms with van der Waals surface area (Å²) in [5, 5.41) is 0. The average molecular weight is 271 g/mol. The molecule has 1 saturated heterocycles. The lowest BCUT2D eigenvalue weighted by molar-refractivity contribution is 0.197. The van der Waals surface area contributed by atoms with E-state index in [0.717, 1.165) is 0 Å². The van der Waals surface area contributed by atoms with Gasteiger partial charge in [0, 0.05) is 0 Å². The Kier molecular flexibility index (Phi) is 4.85. The summed E-state index contributed by atoms with van der Waals surface area (Å²) in [6, 6.07) is 11.1. The van der Waals surface area contributed by atoms with Crippen LogP contribution in [0.5, 0.6) is 0 Å². The topological polar surface area (TPSA) is 3.24 Å². The molecular weight excluding hydrogens is 246 g/mol. The van der Waals surface area contributed by atoms with Gasteiger partial charge >= 0.3 is 0 Å². The van der Waals surface area contributed by atoms with Crippen LogP contribution in [0.25, 0.3) is 0 Å². The van der Waals surface area contributed by atoms with Crippen molar-refractivity contribution in [1.29, 1.82) is 0 Å². The number of rotatable bonds is 2. The predicted molar refractivity (Wildman–Crippen MR) is 85.7 cm³/mol. The van der Waals surface area contributed by atoms with Gasteiger partial charge in [0.1, 0.15) is 8.07 Å².